The van der Waals surface area contributed by atoms with Crippen LogP contribution < -0.4 is 0 Å². The Morgan fingerprint density at radius 3 is 2.53 bits per heavy atom. The van der Waals surface area contributed by atoms with E-state index < -0.39 is 5.95 Å². The number of carbonyl (C=O) groups is 1. The molecule has 1 aromatic heterocycles. The molecule has 0 saturated heterocycles. The van der Waals surface area contributed by atoms with Crippen LogP contribution in [0.5, 0.6) is 0 Å². The zero-order chi connectivity index (χ0) is 13.4. The number of para-hydroxylation sites is 1. The summed E-state index contributed by atoms with van der Waals surface area (Å²) in [6, 6.07) is 14.8. The zero-order valence-corrected chi connectivity index (χ0v) is 10.4. The van der Waals surface area contributed by atoms with E-state index in [0.29, 0.717) is 22.9 Å². The van der Waals surface area contributed by atoms with E-state index in [-0.39, 0.29) is 5.56 Å². The number of fused-ring (bicyclic) bond motifs is 1. The number of carbonyl (C=O) groups excluding carboxylic acids is 1. The first-order valence-corrected chi connectivity index (χ1v) is 6.03. The van der Waals surface area contributed by atoms with Crippen LogP contribution in [0.4, 0.5) is 4.39 Å². The van der Waals surface area contributed by atoms with Gasteiger partial charge in [-0.2, -0.15) is 4.39 Å². The summed E-state index contributed by atoms with van der Waals surface area (Å²) in [7, 11) is 0. The van der Waals surface area contributed by atoms with Crippen LogP contribution in [0.3, 0.4) is 0 Å². The van der Waals surface area contributed by atoms with Crippen LogP contribution in [-0.4, -0.2) is 10.9 Å². The van der Waals surface area contributed by atoms with Gasteiger partial charge >= 0.3 is 0 Å². The quantitative estimate of drug-likeness (QED) is 0.635. The number of hydrogen-bond donors (Lipinski definition) is 0. The van der Waals surface area contributed by atoms with Crippen LogP contribution in [0, 0.1) is 12.9 Å². The first-order chi connectivity index (χ1) is 9.22. The van der Waals surface area contributed by atoms with Gasteiger partial charge in [-0.05, 0) is 31.2 Å². The standard InChI is InChI=1S/C16H12FNO/c1-11-7-8-15-13(9-11)14(10-19)16(17)18(15)12-5-3-2-4-6-12/h2-10H,1H3. The molecule has 3 heteroatoms. The Morgan fingerprint density at radius 2 is 1.84 bits per heavy atom. The highest BCUT2D eigenvalue weighted by Crippen LogP contribution is 2.28. The molecule has 0 saturated carbocycles. The molecule has 2 nitrogen and oxygen atoms in total. The molecule has 94 valence electrons. The van der Waals surface area contributed by atoms with Crippen molar-refractivity contribution in [3.63, 3.8) is 0 Å². The van der Waals surface area contributed by atoms with E-state index in [2.05, 4.69) is 0 Å². The van der Waals surface area contributed by atoms with Crippen molar-refractivity contribution < 1.29 is 9.18 Å². The van der Waals surface area contributed by atoms with Gasteiger partial charge in [-0.1, -0.05) is 29.8 Å². The maximum Gasteiger partial charge on any atom is 0.209 e. The third kappa shape index (κ3) is 1.74. The molecule has 0 aliphatic heterocycles. The molecule has 3 rings (SSSR count). The van der Waals surface area contributed by atoms with Crippen molar-refractivity contribution >= 4 is 17.2 Å². The van der Waals surface area contributed by atoms with Gasteiger partial charge in [0.05, 0.1) is 11.1 Å². The summed E-state index contributed by atoms with van der Waals surface area (Å²) in [5.41, 5.74) is 2.53. The van der Waals surface area contributed by atoms with Gasteiger partial charge in [0.1, 0.15) is 0 Å². The molecule has 0 N–H and O–H groups in total. The fourth-order valence-corrected chi connectivity index (χ4v) is 2.34. The lowest BCUT2D eigenvalue weighted by molar-refractivity contribution is 0.112. The van der Waals surface area contributed by atoms with Crippen LogP contribution in [-0.2, 0) is 0 Å². The molecule has 0 aliphatic rings. The molecule has 1 heterocycles. The minimum Gasteiger partial charge on any atom is -0.298 e. The average molecular weight is 253 g/mol. The minimum absolute atomic E-state index is 0.113. The molecule has 0 bridgehead atoms. The highest BCUT2D eigenvalue weighted by Gasteiger charge is 2.17. The molecule has 0 amide bonds. The Kier molecular flexibility index (Phi) is 2.67. The van der Waals surface area contributed by atoms with Gasteiger partial charge in [-0.15, -0.1) is 0 Å². The SMILES string of the molecule is Cc1ccc2c(c1)c(C=O)c(F)n2-c1ccccc1. The topological polar surface area (TPSA) is 22.0 Å². The normalized spacial score (nSPS) is 10.8. The first kappa shape index (κ1) is 11.7. The first-order valence-electron chi connectivity index (χ1n) is 6.03. The Bertz CT molecular complexity index is 759. The van der Waals surface area contributed by atoms with Gasteiger partial charge in [0, 0.05) is 11.1 Å². The molecule has 0 spiro atoms. The molecule has 0 unspecified atom stereocenters. The number of benzene rings is 2. The largest absolute Gasteiger partial charge is 0.298 e. The summed E-state index contributed by atoms with van der Waals surface area (Å²) in [6.45, 7) is 1.92. The van der Waals surface area contributed by atoms with Gasteiger partial charge in [-0.25, -0.2) is 0 Å². The second kappa shape index (κ2) is 4.35. The third-order valence-electron chi connectivity index (χ3n) is 3.23. The molecular formula is C16H12FNO. The highest BCUT2D eigenvalue weighted by molar-refractivity contribution is 5.99. The second-order valence-electron chi connectivity index (χ2n) is 4.51. The van der Waals surface area contributed by atoms with Crippen molar-refractivity contribution in [2.75, 3.05) is 0 Å². The fraction of sp³-hybridized carbons (Fsp3) is 0.0625. The van der Waals surface area contributed by atoms with Crippen molar-refractivity contribution in [1.82, 2.24) is 4.57 Å². The molecular weight excluding hydrogens is 241 g/mol. The number of nitrogens with zero attached hydrogens (tertiary/aromatic N) is 1. The maximum absolute atomic E-state index is 14.4. The van der Waals surface area contributed by atoms with Gasteiger partial charge in [-0.3, -0.25) is 9.36 Å². The Morgan fingerprint density at radius 1 is 1.11 bits per heavy atom. The Labute approximate surface area is 110 Å². The smallest absolute Gasteiger partial charge is 0.209 e. The van der Waals surface area contributed by atoms with E-state index >= 15 is 0 Å². The van der Waals surface area contributed by atoms with E-state index in [1.54, 1.807) is 0 Å². The van der Waals surface area contributed by atoms with Crippen LogP contribution in [0.1, 0.15) is 15.9 Å². The molecule has 3 aromatic rings. The zero-order valence-electron chi connectivity index (χ0n) is 10.4. The Balaban J connectivity index is 2.43. The predicted molar refractivity (Wildman–Crippen MR) is 73.4 cm³/mol. The van der Waals surface area contributed by atoms with E-state index in [4.69, 9.17) is 0 Å². The van der Waals surface area contributed by atoms with Gasteiger partial charge in [0.25, 0.3) is 0 Å². The number of hydrogen-bond acceptors (Lipinski definition) is 1. The predicted octanol–water partition coefficient (Wildman–Crippen LogP) is 3.89. The van der Waals surface area contributed by atoms with E-state index in [9.17, 15) is 9.18 Å². The lowest BCUT2D eigenvalue weighted by atomic mass is 10.1. The number of rotatable bonds is 2. The van der Waals surface area contributed by atoms with Crippen molar-refractivity contribution in [1.29, 1.82) is 0 Å². The lowest BCUT2D eigenvalue weighted by Gasteiger charge is -2.05. The van der Waals surface area contributed by atoms with Gasteiger partial charge in [0.2, 0.25) is 5.95 Å². The number of aldehydes is 1. The summed E-state index contributed by atoms with van der Waals surface area (Å²) >= 11 is 0. The fourth-order valence-electron chi connectivity index (χ4n) is 2.34. The minimum atomic E-state index is -0.512. The van der Waals surface area contributed by atoms with Crippen LogP contribution in [0.2, 0.25) is 0 Å². The number of halogens is 1. The van der Waals surface area contributed by atoms with Gasteiger partial charge < -0.3 is 0 Å². The lowest BCUT2D eigenvalue weighted by Crippen LogP contribution is -1.97. The van der Waals surface area contributed by atoms with Crippen molar-refractivity contribution in [3.05, 3.63) is 65.6 Å². The van der Waals surface area contributed by atoms with Crippen LogP contribution >= 0.6 is 0 Å². The molecule has 0 fully saturated rings. The number of aromatic nitrogens is 1. The molecule has 0 atom stereocenters. The summed E-state index contributed by atoms with van der Waals surface area (Å²) in [6.07, 6.45) is 0.580. The summed E-state index contributed by atoms with van der Waals surface area (Å²) in [4.78, 5) is 11.1. The highest BCUT2D eigenvalue weighted by atomic mass is 19.1. The average Bonchev–Trinajstić information content (AvgIpc) is 2.70. The molecule has 0 aliphatic carbocycles. The third-order valence-corrected chi connectivity index (χ3v) is 3.23. The summed E-state index contributed by atoms with van der Waals surface area (Å²) in [5.74, 6) is -0.512. The molecule has 19 heavy (non-hydrogen) atoms. The Hall–Kier alpha value is -2.42. The van der Waals surface area contributed by atoms with E-state index in [1.807, 2.05) is 55.5 Å². The van der Waals surface area contributed by atoms with E-state index in [1.165, 1.54) is 4.57 Å². The maximum atomic E-state index is 14.4. The molecule has 2 aromatic carbocycles. The number of aryl methyl sites for hydroxylation is 1. The monoisotopic (exact) mass is 253 g/mol. The molecule has 0 radical (unpaired) electrons. The summed E-state index contributed by atoms with van der Waals surface area (Å²) < 4.78 is 15.9. The van der Waals surface area contributed by atoms with Crippen molar-refractivity contribution in [2.45, 2.75) is 6.92 Å². The van der Waals surface area contributed by atoms with Crippen LogP contribution in [0.25, 0.3) is 16.6 Å². The van der Waals surface area contributed by atoms with E-state index in [0.717, 1.165) is 5.56 Å². The second-order valence-corrected chi connectivity index (χ2v) is 4.51. The van der Waals surface area contributed by atoms with Gasteiger partial charge in [0.15, 0.2) is 6.29 Å². The van der Waals surface area contributed by atoms with Crippen molar-refractivity contribution in [3.8, 4) is 5.69 Å². The van der Waals surface area contributed by atoms with Crippen molar-refractivity contribution in [2.24, 2.45) is 0 Å². The summed E-state index contributed by atoms with van der Waals surface area (Å²) in [5, 5.41) is 0.649. The van der Waals surface area contributed by atoms with Crippen LogP contribution in [0.15, 0.2) is 48.5 Å².